The molecule has 64 valence electrons. The number of allylic oxidation sites excluding steroid dienone is 4. The number of rotatable bonds is 0. The van der Waals surface area contributed by atoms with Gasteiger partial charge in [-0.25, -0.2) is 8.78 Å². The largest absolute Gasteiger partial charge is 0.285 e. The number of carbonyl (C=O) groups excluding carboxylic acids is 2. The highest BCUT2D eigenvalue weighted by atomic mass is 19.2. The van der Waals surface area contributed by atoms with E-state index < -0.39 is 34.4 Å². The van der Waals surface area contributed by atoms with Crippen LogP contribution < -0.4 is 0 Å². The third-order valence-corrected chi connectivity index (χ3v) is 1.74. The SMILES string of the molecule is CC1=C(F)C(F)=C(C)C(=O)C1=O. The maximum atomic E-state index is 12.7. The van der Waals surface area contributed by atoms with E-state index in [-0.39, 0.29) is 0 Å². The summed E-state index contributed by atoms with van der Waals surface area (Å²) >= 11 is 0. The van der Waals surface area contributed by atoms with Crippen LogP contribution in [0.25, 0.3) is 0 Å². The molecule has 1 aliphatic rings. The smallest absolute Gasteiger partial charge is 0.232 e. The Morgan fingerprint density at radius 2 is 1.08 bits per heavy atom. The van der Waals surface area contributed by atoms with Gasteiger partial charge in [0.15, 0.2) is 11.7 Å². The Hall–Kier alpha value is -1.32. The summed E-state index contributed by atoms with van der Waals surface area (Å²) in [5.74, 6) is -4.38. The molecule has 0 aliphatic heterocycles. The van der Waals surface area contributed by atoms with Crippen LogP contribution in [-0.2, 0) is 9.59 Å². The van der Waals surface area contributed by atoms with Crippen LogP contribution in [0, 0.1) is 0 Å². The summed E-state index contributed by atoms with van der Waals surface area (Å²) in [5, 5.41) is 0. The van der Waals surface area contributed by atoms with Gasteiger partial charge in [0.05, 0.1) is 0 Å². The topological polar surface area (TPSA) is 34.1 Å². The minimum atomic E-state index is -1.22. The van der Waals surface area contributed by atoms with Crippen molar-refractivity contribution in [3.05, 3.63) is 22.8 Å². The van der Waals surface area contributed by atoms with E-state index in [4.69, 9.17) is 0 Å². The Balaban J connectivity index is 3.37. The molecule has 0 aromatic heterocycles. The summed E-state index contributed by atoms with van der Waals surface area (Å²) < 4.78 is 25.4. The van der Waals surface area contributed by atoms with Gasteiger partial charge >= 0.3 is 0 Å². The van der Waals surface area contributed by atoms with Crippen LogP contribution >= 0.6 is 0 Å². The molecule has 0 bridgehead atoms. The summed E-state index contributed by atoms with van der Waals surface area (Å²) in [6, 6.07) is 0. The molecule has 12 heavy (non-hydrogen) atoms. The molecule has 4 heteroatoms. The van der Waals surface area contributed by atoms with Gasteiger partial charge in [0.1, 0.15) is 0 Å². The molecule has 1 aliphatic carbocycles. The van der Waals surface area contributed by atoms with Crippen LogP contribution in [0.3, 0.4) is 0 Å². The van der Waals surface area contributed by atoms with Crippen molar-refractivity contribution in [3.63, 3.8) is 0 Å². The Morgan fingerprint density at radius 3 is 1.33 bits per heavy atom. The van der Waals surface area contributed by atoms with E-state index >= 15 is 0 Å². The van der Waals surface area contributed by atoms with E-state index in [2.05, 4.69) is 0 Å². The molecule has 0 unspecified atom stereocenters. The van der Waals surface area contributed by atoms with Crippen molar-refractivity contribution >= 4 is 11.6 Å². The Kier molecular flexibility index (Phi) is 1.92. The van der Waals surface area contributed by atoms with Crippen LogP contribution in [0.1, 0.15) is 13.8 Å². The summed E-state index contributed by atoms with van der Waals surface area (Å²) in [5.41, 5.74) is -0.911. The molecule has 0 heterocycles. The molecule has 2 nitrogen and oxygen atoms in total. The predicted molar refractivity (Wildman–Crippen MR) is 37.6 cm³/mol. The fraction of sp³-hybridized carbons (Fsp3) is 0.250. The van der Waals surface area contributed by atoms with Gasteiger partial charge in [0, 0.05) is 11.1 Å². The minimum Gasteiger partial charge on any atom is -0.285 e. The summed E-state index contributed by atoms with van der Waals surface area (Å²) in [6.07, 6.45) is 0. The lowest BCUT2D eigenvalue weighted by molar-refractivity contribution is -0.132. The van der Waals surface area contributed by atoms with Gasteiger partial charge in [-0.15, -0.1) is 0 Å². The number of carbonyl (C=O) groups is 2. The van der Waals surface area contributed by atoms with E-state index in [1.165, 1.54) is 0 Å². The molecule has 0 spiro atoms. The zero-order chi connectivity index (χ0) is 9.46. The molecule has 0 atom stereocenters. The van der Waals surface area contributed by atoms with Crippen molar-refractivity contribution in [1.82, 2.24) is 0 Å². The first kappa shape index (κ1) is 8.77. The normalized spacial score (nSPS) is 19.3. The molecule has 0 fully saturated rings. The van der Waals surface area contributed by atoms with E-state index in [1.807, 2.05) is 0 Å². The van der Waals surface area contributed by atoms with E-state index in [0.29, 0.717) is 0 Å². The first-order valence-corrected chi connectivity index (χ1v) is 3.29. The lowest BCUT2D eigenvalue weighted by atomic mass is 9.96. The average Bonchev–Trinajstić information content (AvgIpc) is 2.08. The minimum absolute atomic E-state index is 0.455. The van der Waals surface area contributed by atoms with Crippen LogP contribution in [0.5, 0.6) is 0 Å². The van der Waals surface area contributed by atoms with E-state index in [9.17, 15) is 18.4 Å². The standard InChI is InChI=1S/C8H6F2O2/c1-3-5(9)6(10)4(2)8(12)7(3)11/h1-2H3. The van der Waals surface area contributed by atoms with Gasteiger partial charge < -0.3 is 0 Å². The van der Waals surface area contributed by atoms with Gasteiger partial charge in [-0.2, -0.15) is 0 Å². The molecule has 0 N–H and O–H groups in total. The summed E-state index contributed by atoms with van der Waals surface area (Å²) in [7, 11) is 0. The zero-order valence-corrected chi connectivity index (χ0v) is 6.57. The second-order valence-electron chi connectivity index (χ2n) is 2.54. The Bertz CT molecular complexity index is 288. The van der Waals surface area contributed by atoms with Crippen LogP contribution in [-0.4, -0.2) is 11.6 Å². The van der Waals surface area contributed by atoms with Crippen molar-refractivity contribution in [2.24, 2.45) is 0 Å². The zero-order valence-electron chi connectivity index (χ0n) is 6.57. The van der Waals surface area contributed by atoms with Crippen molar-refractivity contribution < 1.29 is 18.4 Å². The van der Waals surface area contributed by atoms with Crippen molar-refractivity contribution in [2.75, 3.05) is 0 Å². The van der Waals surface area contributed by atoms with Gasteiger partial charge in [-0.3, -0.25) is 9.59 Å². The highest BCUT2D eigenvalue weighted by Gasteiger charge is 2.30. The third kappa shape index (κ3) is 0.995. The van der Waals surface area contributed by atoms with Crippen LogP contribution in [0.4, 0.5) is 8.78 Å². The lowest BCUT2D eigenvalue weighted by Gasteiger charge is -2.09. The lowest BCUT2D eigenvalue weighted by Crippen LogP contribution is -2.21. The maximum absolute atomic E-state index is 12.7. The highest BCUT2D eigenvalue weighted by molar-refractivity contribution is 6.49. The molecular weight excluding hydrogens is 166 g/mol. The van der Waals surface area contributed by atoms with Gasteiger partial charge in [0.2, 0.25) is 11.6 Å². The predicted octanol–water partition coefficient (Wildman–Crippen LogP) is 1.63. The summed E-state index contributed by atoms with van der Waals surface area (Å²) in [4.78, 5) is 21.7. The number of ketones is 2. The molecule has 0 radical (unpaired) electrons. The highest BCUT2D eigenvalue weighted by Crippen LogP contribution is 2.27. The molecule has 0 saturated heterocycles. The Morgan fingerprint density at radius 1 is 0.833 bits per heavy atom. The first-order chi connectivity index (χ1) is 5.46. The fourth-order valence-electron chi connectivity index (χ4n) is 0.869. The first-order valence-electron chi connectivity index (χ1n) is 3.29. The maximum Gasteiger partial charge on any atom is 0.232 e. The number of halogens is 2. The van der Waals surface area contributed by atoms with Crippen LogP contribution in [0.15, 0.2) is 22.8 Å². The second kappa shape index (κ2) is 2.62. The molecule has 1 rings (SSSR count). The molecule has 0 saturated carbocycles. The summed E-state index contributed by atoms with van der Waals surface area (Å²) in [6.45, 7) is 2.17. The number of hydrogen-bond acceptors (Lipinski definition) is 2. The second-order valence-corrected chi connectivity index (χ2v) is 2.54. The third-order valence-electron chi connectivity index (χ3n) is 1.74. The van der Waals surface area contributed by atoms with E-state index in [0.717, 1.165) is 13.8 Å². The molecule has 0 aromatic rings. The number of hydrogen-bond donors (Lipinski definition) is 0. The average molecular weight is 172 g/mol. The van der Waals surface area contributed by atoms with Gasteiger partial charge in [-0.1, -0.05) is 0 Å². The fourth-order valence-corrected chi connectivity index (χ4v) is 0.869. The quantitative estimate of drug-likeness (QED) is 0.411. The molecule has 0 amide bonds. The molecular formula is C8H6F2O2. The van der Waals surface area contributed by atoms with Gasteiger partial charge in [0.25, 0.3) is 0 Å². The van der Waals surface area contributed by atoms with Crippen molar-refractivity contribution in [1.29, 1.82) is 0 Å². The van der Waals surface area contributed by atoms with Crippen LogP contribution in [0.2, 0.25) is 0 Å². The van der Waals surface area contributed by atoms with Crippen molar-refractivity contribution in [3.8, 4) is 0 Å². The van der Waals surface area contributed by atoms with E-state index in [1.54, 1.807) is 0 Å². The molecule has 0 aromatic carbocycles. The Labute approximate surface area is 67.6 Å². The monoisotopic (exact) mass is 172 g/mol. The van der Waals surface area contributed by atoms with Crippen molar-refractivity contribution in [2.45, 2.75) is 13.8 Å². The number of Topliss-reactive ketones (excluding diaryl/α,β-unsaturated/α-hetero) is 2. The van der Waals surface area contributed by atoms with Gasteiger partial charge in [-0.05, 0) is 13.8 Å².